The standard InChI is InChI=1S/C47H93N2O6P/c1-6-8-10-11-12-13-14-15-16-17-18-19-20-21-22-23-24-25-26-27-28-29-30-31-32-33-34-35-36-37-39-41-47(51)48-45(46(50)40-38-9-7-2)44-55-56(52,53)54-43-42-49(3,4)5/h14-15,17-18,45-46,50H,6-13,16,19-44H2,1-5H3,(H-,48,51,52,53)/p+1/b15-14-,18-17-. The molecule has 0 fully saturated rings. The van der Waals surface area contributed by atoms with Gasteiger partial charge < -0.3 is 19.8 Å². The molecule has 3 unspecified atom stereocenters. The monoisotopic (exact) mass is 814 g/mol. The van der Waals surface area contributed by atoms with Crippen LogP contribution >= 0.6 is 7.82 Å². The third kappa shape index (κ3) is 41.2. The van der Waals surface area contributed by atoms with Gasteiger partial charge in [-0.25, -0.2) is 4.57 Å². The molecule has 56 heavy (non-hydrogen) atoms. The molecular weight excluding hydrogens is 719 g/mol. The van der Waals surface area contributed by atoms with Crippen molar-refractivity contribution in [2.75, 3.05) is 40.9 Å². The molecule has 3 atom stereocenters. The number of nitrogens with zero attached hydrogens (tertiary/aromatic N) is 1. The number of nitrogens with one attached hydrogen (secondary N) is 1. The summed E-state index contributed by atoms with van der Waals surface area (Å²) < 4.78 is 23.3. The van der Waals surface area contributed by atoms with Crippen LogP contribution in [-0.2, 0) is 18.4 Å². The SMILES string of the molecule is CCCCCCC/C=C\C/C=C\CCCCCCCCCCCCCCCCCCCCCC(=O)NC(COP(=O)(O)OCC[N+](C)(C)C)C(O)CCCCC. The van der Waals surface area contributed by atoms with Crippen molar-refractivity contribution in [1.29, 1.82) is 0 Å². The predicted octanol–water partition coefficient (Wildman–Crippen LogP) is 13.3. The van der Waals surface area contributed by atoms with Crippen LogP contribution in [0.4, 0.5) is 0 Å². The summed E-state index contributed by atoms with van der Waals surface area (Å²) in [6, 6.07) is -0.753. The van der Waals surface area contributed by atoms with E-state index in [1.807, 2.05) is 21.1 Å². The second kappa shape index (κ2) is 39.4. The van der Waals surface area contributed by atoms with Crippen molar-refractivity contribution in [1.82, 2.24) is 5.32 Å². The Bertz CT molecular complexity index is 969. The number of carbonyl (C=O) groups excluding carboxylic acids is 1. The van der Waals surface area contributed by atoms with Gasteiger partial charge in [-0.3, -0.25) is 13.8 Å². The summed E-state index contributed by atoms with van der Waals surface area (Å²) in [5.41, 5.74) is 0. The van der Waals surface area contributed by atoms with E-state index in [1.165, 1.54) is 148 Å². The quantitative estimate of drug-likeness (QED) is 0.0245. The smallest absolute Gasteiger partial charge is 0.391 e. The van der Waals surface area contributed by atoms with E-state index in [2.05, 4.69) is 43.5 Å². The molecule has 3 N–H and O–H groups in total. The summed E-state index contributed by atoms with van der Waals surface area (Å²) in [6.45, 7) is 4.72. The number of unbranched alkanes of at least 4 members (excludes halogenated alkanes) is 26. The fraction of sp³-hybridized carbons (Fsp3) is 0.894. The van der Waals surface area contributed by atoms with E-state index in [1.54, 1.807) is 0 Å². The number of aliphatic hydroxyl groups excluding tert-OH is 1. The maximum Gasteiger partial charge on any atom is 0.472 e. The number of hydrogen-bond acceptors (Lipinski definition) is 5. The van der Waals surface area contributed by atoms with Crippen LogP contribution in [0.5, 0.6) is 0 Å². The number of rotatable bonds is 43. The lowest BCUT2D eigenvalue weighted by Crippen LogP contribution is -2.46. The number of amides is 1. The number of likely N-dealkylation sites (N-methyl/N-ethyl adjacent to an activating group) is 1. The van der Waals surface area contributed by atoms with Crippen LogP contribution < -0.4 is 5.32 Å². The molecule has 0 aliphatic carbocycles. The third-order valence-corrected chi connectivity index (χ3v) is 11.7. The summed E-state index contributed by atoms with van der Waals surface area (Å²) in [5, 5.41) is 13.6. The first-order valence-electron chi connectivity index (χ1n) is 23.7. The molecule has 332 valence electrons. The molecule has 9 heteroatoms. The van der Waals surface area contributed by atoms with E-state index in [4.69, 9.17) is 9.05 Å². The van der Waals surface area contributed by atoms with Crippen molar-refractivity contribution in [2.45, 2.75) is 231 Å². The summed E-state index contributed by atoms with van der Waals surface area (Å²) in [5.74, 6) is -0.154. The fourth-order valence-corrected chi connectivity index (χ4v) is 7.64. The molecule has 8 nitrogen and oxygen atoms in total. The number of hydrogen-bond donors (Lipinski definition) is 3. The van der Waals surface area contributed by atoms with Crippen LogP contribution in [0.3, 0.4) is 0 Å². The molecule has 0 radical (unpaired) electrons. The lowest BCUT2D eigenvalue weighted by molar-refractivity contribution is -0.870. The minimum Gasteiger partial charge on any atom is -0.391 e. The normalized spacial score (nSPS) is 14.5. The van der Waals surface area contributed by atoms with Crippen LogP contribution in [0.1, 0.15) is 219 Å². The Morgan fingerprint density at radius 3 is 1.46 bits per heavy atom. The molecule has 0 bridgehead atoms. The summed E-state index contributed by atoms with van der Waals surface area (Å²) in [7, 11) is 1.61. The van der Waals surface area contributed by atoms with Gasteiger partial charge in [-0.1, -0.05) is 192 Å². The average Bonchev–Trinajstić information content (AvgIpc) is 3.15. The molecule has 0 aliphatic heterocycles. The minimum atomic E-state index is -4.29. The van der Waals surface area contributed by atoms with Gasteiger partial charge in [0.15, 0.2) is 0 Å². The Balaban J connectivity index is 3.73. The zero-order valence-corrected chi connectivity index (χ0v) is 38.5. The van der Waals surface area contributed by atoms with Gasteiger partial charge in [-0.05, 0) is 44.9 Å². The zero-order valence-electron chi connectivity index (χ0n) is 37.6. The van der Waals surface area contributed by atoms with Crippen LogP contribution in [0, 0.1) is 0 Å². The Labute approximate surface area is 347 Å². The topological polar surface area (TPSA) is 105 Å². The number of aliphatic hydroxyl groups is 1. The highest BCUT2D eigenvalue weighted by atomic mass is 31.2. The number of phosphoric acid groups is 1. The maximum absolute atomic E-state index is 12.7. The summed E-state index contributed by atoms with van der Waals surface area (Å²) >= 11 is 0. The Morgan fingerprint density at radius 2 is 1.02 bits per heavy atom. The number of phosphoric ester groups is 1. The third-order valence-electron chi connectivity index (χ3n) is 10.7. The molecule has 0 saturated heterocycles. The molecular formula is C47H94N2O6P+. The number of carbonyl (C=O) groups is 1. The van der Waals surface area contributed by atoms with Crippen LogP contribution in [0.2, 0.25) is 0 Å². The molecule has 0 aliphatic rings. The van der Waals surface area contributed by atoms with E-state index in [0.717, 1.165) is 44.9 Å². The van der Waals surface area contributed by atoms with Crippen molar-refractivity contribution in [3.63, 3.8) is 0 Å². The van der Waals surface area contributed by atoms with Gasteiger partial charge in [0, 0.05) is 6.42 Å². The molecule has 1 amide bonds. The van der Waals surface area contributed by atoms with Crippen molar-refractivity contribution >= 4 is 13.7 Å². The molecule has 0 spiro atoms. The van der Waals surface area contributed by atoms with Gasteiger partial charge in [0.1, 0.15) is 13.2 Å². The highest BCUT2D eigenvalue weighted by Gasteiger charge is 2.28. The summed E-state index contributed by atoms with van der Waals surface area (Å²) in [6.07, 6.45) is 47.5. The van der Waals surface area contributed by atoms with Gasteiger partial charge in [-0.15, -0.1) is 0 Å². The summed E-state index contributed by atoms with van der Waals surface area (Å²) in [4.78, 5) is 22.8. The first-order valence-corrected chi connectivity index (χ1v) is 25.2. The molecule has 0 rings (SSSR count). The second-order valence-corrected chi connectivity index (χ2v) is 18.9. The Kier molecular flexibility index (Phi) is 38.7. The molecule has 0 heterocycles. The van der Waals surface area contributed by atoms with Gasteiger partial charge in [0.2, 0.25) is 5.91 Å². The van der Waals surface area contributed by atoms with Crippen LogP contribution in [-0.4, -0.2) is 73.4 Å². The molecule has 0 aromatic carbocycles. The maximum atomic E-state index is 12.7. The lowest BCUT2D eigenvalue weighted by Gasteiger charge is -2.26. The van der Waals surface area contributed by atoms with Gasteiger partial charge in [-0.2, -0.15) is 0 Å². The first kappa shape index (κ1) is 55.0. The van der Waals surface area contributed by atoms with Crippen molar-refractivity contribution in [3.05, 3.63) is 24.3 Å². The fourth-order valence-electron chi connectivity index (χ4n) is 6.90. The van der Waals surface area contributed by atoms with Gasteiger partial charge in [0.25, 0.3) is 0 Å². The van der Waals surface area contributed by atoms with E-state index in [-0.39, 0.29) is 19.1 Å². The lowest BCUT2D eigenvalue weighted by atomic mass is 10.0. The van der Waals surface area contributed by atoms with Crippen molar-refractivity contribution < 1.29 is 32.9 Å². The van der Waals surface area contributed by atoms with Gasteiger partial charge in [0.05, 0.1) is 39.9 Å². The van der Waals surface area contributed by atoms with Gasteiger partial charge >= 0.3 is 7.82 Å². The molecule has 0 aromatic rings. The predicted molar refractivity (Wildman–Crippen MR) is 240 cm³/mol. The van der Waals surface area contributed by atoms with E-state index in [9.17, 15) is 19.4 Å². The van der Waals surface area contributed by atoms with Crippen molar-refractivity contribution in [3.8, 4) is 0 Å². The highest BCUT2D eigenvalue weighted by molar-refractivity contribution is 7.47. The van der Waals surface area contributed by atoms with Crippen LogP contribution in [0.25, 0.3) is 0 Å². The van der Waals surface area contributed by atoms with Crippen LogP contribution in [0.15, 0.2) is 24.3 Å². The molecule has 0 saturated carbocycles. The van der Waals surface area contributed by atoms with Crippen molar-refractivity contribution in [2.24, 2.45) is 0 Å². The second-order valence-electron chi connectivity index (χ2n) is 17.5. The Hall–Kier alpha value is -1.02. The zero-order chi connectivity index (χ0) is 41.4. The largest absolute Gasteiger partial charge is 0.472 e. The number of allylic oxidation sites excluding steroid dienone is 4. The van der Waals surface area contributed by atoms with E-state index >= 15 is 0 Å². The average molecular weight is 814 g/mol. The van der Waals surface area contributed by atoms with E-state index in [0.29, 0.717) is 23.9 Å². The molecule has 0 aromatic heterocycles. The van der Waals surface area contributed by atoms with E-state index < -0.39 is 20.0 Å². The number of quaternary nitrogens is 1. The first-order chi connectivity index (χ1) is 27.0. The Morgan fingerprint density at radius 1 is 0.607 bits per heavy atom. The highest BCUT2D eigenvalue weighted by Crippen LogP contribution is 2.43. The minimum absolute atomic E-state index is 0.0745.